The Hall–Kier alpha value is -0.420. The van der Waals surface area contributed by atoms with E-state index in [1.165, 1.54) is 0 Å². The van der Waals surface area contributed by atoms with Crippen LogP contribution in [0.25, 0.3) is 0 Å². The quantitative estimate of drug-likeness (QED) is 0.441. The van der Waals surface area contributed by atoms with Crippen molar-refractivity contribution in [3.63, 3.8) is 0 Å². The lowest BCUT2D eigenvalue weighted by Gasteiger charge is -2.49. The van der Waals surface area contributed by atoms with Gasteiger partial charge in [-0.1, -0.05) is 0 Å². The lowest BCUT2D eigenvalue weighted by atomic mass is 9.89. The van der Waals surface area contributed by atoms with E-state index in [2.05, 4.69) is 10.6 Å². The molecule has 0 aromatic rings. The third kappa shape index (κ3) is 4.60. The number of halogens is 2. The van der Waals surface area contributed by atoms with Crippen LogP contribution >= 0.6 is 0 Å². The van der Waals surface area contributed by atoms with Crippen molar-refractivity contribution >= 4 is 0 Å². The SMILES string of the molecule is CN(C1CCC(F)C(O)C1)C1NCNC(N(C)C2CCC(F)C(O)C2)C1O. The van der Waals surface area contributed by atoms with Crippen LogP contribution in [0.1, 0.15) is 38.5 Å². The Morgan fingerprint density at radius 3 is 1.52 bits per heavy atom. The van der Waals surface area contributed by atoms with E-state index in [9.17, 15) is 24.1 Å². The first-order valence-electron chi connectivity index (χ1n) is 10.0. The summed E-state index contributed by atoms with van der Waals surface area (Å²) in [5.41, 5.74) is 0. The highest BCUT2D eigenvalue weighted by Gasteiger charge is 2.42. The van der Waals surface area contributed by atoms with Gasteiger partial charge in [0.1, 0.15) is 18.4 Å². The lowest BCUT2D eigenvalue weighted by molar-refractivity contribution is -0.0938. The fraction of sp³-hybridized carbons (Fsp3) is 1.00. The van der Waals surface area contributed by atoms with Crippen molar-refractivity contribution in [2.24, 2.45) is 0 Å². The first kappa shape index (κ1) is 21.3. The minimum atomic E-state index is -1.17. The molecule has 7 nitrogen and oxygen atoms in total. The number of aliphatic hydroxyl groups excluding tert-OH is 3. The molecule has 158 valence electrons. The van der Waals surface area contributed by atoms with Crippen LogP contribution in [-0.4, -0.2) is 101 Å². The number of nitrogens with one attached hydrogen (secondary N) is 2. The molecule has 1 saturated heterocycles. The zero-order chi connectivity index (χ0) is 19.7. The summed E-state index contributed by atoms with van der Waals surface area (Å²) in [6, 6.07) is -0.0148. The Morgan fingerprint density at radius 2 is 1.15 bits per heavy atom. The summed E-state index contributed by atoms with van der Waals surface area (Å²) in [5, 5.41) is 37.2. The maximum atomic E-state index is 13.6. The predicted molar refractivity (Wildman–Crippen MR) is 97.3 cm³/mol. The maximum absolute atomic E-state index is 13.6. The molecule has 8 atom stereocenters. The predicted octanol–water partition coefficient (Wildman–Crippen LogP) is -0.484. The molecule has 0 aromatic carbocycles. The van der Waals surface area contributed by atoms with Gasteiger partial charge in [0.15, 0.2) is 0 Å². The minimum Gasteiger partial charge on any atom is -0.390 e. The second-order valence-corrected chi connectivity index (χ2v) is 8.40. The number of hydrogen-bond acceptors (Lipinski definition) is 7. The number of nitrogens with zero attached hydrogens (tertiary/aromatic N) is 2. The summed E-state index contributed by atoms with van der Waals surface area (Å²) in [6.07, 6.45) is -3.07. The van der Waals surface area contributed by atoms with E-state index < -0.39 is 30.7 Å². The second kappa shape index (κ2) is 8.94. The highest BCUT2D eigenvalue weighted by molar-refractivity contribution is 4.95. The molecule has 3 rings (SSSR count). The molecular weight excluding hydrogens is 358 g/mol. The average molecular weight is 392 g/mol. The van der Waals surface area contributed by atoms with Crippen molar-refractivity contribution < 1.29 is 24.1 Å². The monoisotopic (exact) mass is 392 g/mol. The number of rotatable bonds is 4. The smallest absolute Gasteiger partial charge is 0.126 e. The average Bonchev–Trinajstić information content (AvgIpc) is 2.65. The highest BCUT2D eigenvalue weighted by Crippen LogP contribution is 2.29. The van der Waals surface area contributed by atoms with E-state index in [-0.39, 0.29) is 24.4 Å². The molecule has 2 aliphatic carbocycles. The molecule has 0 aromatic heterocycles. The molecular formula is C18H34F2N4O3. The summed E-state index contributed by atoms with van der Waals surface area (Å²) in [4.78, 5) is 3.99. The van der Waals surface area contributed by atoms with Gasteiger partial charge in [0.25, 0.3) is 0 Å². The number of aliphatic hydroxyl groups is 3. The molecule has 1 aliphatic heterocycles. The summed E-state index contributed by atoms with van der Waals surface area (Å²) >= 11 is 0. The Balaban J connectivity index is 1.62. The van der Waals surface area contributed by atoms with Crippen molar-refractivity contribution in [1.82, 2.24) is 20.4 Å². The third-order valence-corrected chi connectivity index (χ3v) is 6.71. The van der Waals surface area contributed by atoms with Crippen LogP contribution in [-0.2, 0) is 0 Å². The van der Waals surface area contributed by atoms with Crippen molar-refractivity contribution in [3.8, 4) is 0 Å². The van der Waals surface area contributed by atoms with Gasteiger partial charge in [-0.25, -0.2) is 8.78 Å². The summed E-state index contributed by atoms with van der Waals surface area (Å²) in [6.45, 7) is 0.489. The van der Waals surface area contributed by atoms with Gasteiger partial charge in [0, 0.05) is 18.8 Å². The molecule has 3 fully saturated rings. The van der Waals surface area contributed by atoms with Crippen LogP contribution in [0.2, 0.25) is 0 Å². The van der Waals surface area contributed by atoms with Crippen molar-refractivity contribution in [2.45, 2.75) is 93.6 Å². The van der Waals surface area contributed by atoms with Gasteiger partial charge >= 0.3 is 0 Å². The Kier molecular flexibility index (Phi) is 7.05. The fourth-order valence-electron chi connectivity index (χ4n) is 4.82. The standard InChI is InChI=1S/C18H34F2N4O3/c1-23(10-3-5-12(19)14(25)7-10)17-16(27)18(22-9-21-17)24(2)11-4-6-13(20)15(26)8-11/h10-18,21-22,25-27H,3-9H2,1-2H3. The van der Waals surface area contributed by atoms with E-state index in [0.717, 1.165) is 0 Å². The molecule has 0 radical (unpaired) electrons. The largest absolute Gasteiger partial charge is 0.390 e. The van der Waals surface area contributed by atoms with Crippen LogP contribution in [0.3, 0.4) is 0 Å². The molecule has 3 aliphatic rings. The van der Waals surface area contributed by atoms with Crippen molar-refractivity contribution in [2.75, 3.05) is 20.8 Å². The van der Waals surface area contributed by atoms with Crippen LogP contribution in [0.5, 0.6) is 0 Å². The molecule has 1 heterocycles. The second-order valence-electron chi connectivity index (χ2n) is 8.40. The van der Waals surface area contributed by atoms with Crippen molar-refractivity contribution in [1.29, 1.82) is 0 Å². The first-order valence-corrected chi connectivity index (χ1v) is 10.0. The topological polar surface area (TPSA) is 91.2 Å². The normalized spacial score (nSPS) is 46.8. The molecule has 8 unspecified atom stereocenters. The molecule has 2 saturated carbocycles. The Labute approximate surface area is 159 Å². The third-order valence-electron chi connectivity index (χ3n) is 6.71. The number of alkyl halides is 2. The van der Waals surface area contributed by atoms with Gasteiger partial charge in [0.05, 0.1) is 24.5 Å². The fourth-order valence-corrected chi connectivity index (χ4v) is 4.82. The van der Waals surface area contributed by atoms with Gasteiger partial charge in [-0.3, -0.25) is 20.4 Å². The van der Waals surface area contributed by atoms with Crippen LogP contribution < -0.4 is 10.6 Å². The van der Waals surface area contributed by atoms with E-state index in [4.69, 9.17) is 0 Å². The van der Waals surface area contributed by atoms with Crippen LogP contribution in [0.4, 0.5) is 8.78 Å². The van der Waals surface area contributed by atoms with E-state index >= 15 is 0 Å². The van der Waals surface area contributed by atoms with E-state index in [1.807, 2.05) is 23.9 Å². The number of likely N-dealkylation sites (N-methyl/N-ethyl adjacent to an activating group) is 2. The minimum absolute atomic E-state index is 0.00740. The van der Waals surface area contributed by atoms with Gasteiger partial charge in [-0.05, 0) is 52.6 Å². The maximum Gasteiger partial charge on any atom is 0.126 e. The van der Waals surface area contributed by atoms with Gasteiger partial charge in [-0.2, -0.15) is 0 Å². The number of hydrogen-bond donors (Lipinski definition) is 5. The zero-order valence-corrected chi connectivity index (χ0v) is 16.1. The first-order chi connectivity index (χ1) is 12.8. The summed E-state index contributed by atoms with van der Waals surface area (Å²) < 4.78 is 27.1. The van der Waals surface area contributed by atoms with Gasteiger partial charge in [-0.15, -0.1) is 0 Å². The molecule has 0 spiro atoms. The molecule has 0 bridgehead atoms. The van der Waals surface area contributed by atoms with Crippen LogP contribution in [0, 0.1) is 0 Å². The van der Waals surface area contributed by atoms with E-state index in [0.29, 0.717) is 45.2 Å². The molecule has 5 N–H and O–H groups in total. The Morgan fingerprint density at radius 1 is 0.741 bits per heavy atom. The van der Waals surface area contributed by atoms with Gasteiger partial charge < -0.3 is 15.3 Å². The van der Waals surface area contributed by atoms with Gasteiger partial charge in [0.2, 0.25) is 0 Å². The summed E-state index contributed by atoms with van der Waals surface area (Å²) in [7, 11) is 3.77. The highest BCUT2D eigenvalue weighted by atomic mass is 19.1. The lowest BCUT2D eigenvalue weighted by Crippen LogP contribution is -2.71. The Bertz CT molecular complexity index is 452. The molecule has 27 heavy (non-hydrogen) atoms. The van der Waals surface area contributed by atoms with Crippen LogP contribution in [0.15, 0.2) is 0 Å². The zero-order valence-electron chi connectivity index (χ0n) is 16.1. The van der Waals surface area contributed by atoms with E-state index in [1.54, 1.807) is 0 Å². The molecule has 0 amide bonds. The summed E-state index contributed by atoms with van der Waals surface area (Å²) in [5.74, 6) is 0. The molecule has 9 heteroatoms. The van der Waals surface area contributed by atoms with Crippen molar-refractivity contribution in [3.05, 3.63) is 0 Å².